The quantitative estimate of drug-likeness (QED) is 0.469. The molecule has 4 rings (SSSR count). The predicted octanol–water partition coefficient (Wildman–Crippen LogP) is 2.62. The van der Waals surface area contributed by atoms with Crippen LogP contribution in [0.15, 0.2) is 18.3 Å². The zero-order chi connectivity index (χ0) is 23.8. The van der Waals surface area contributed by atoms with Crippen LogP contribution in [0.3, 0.4) is 0 Å². The van der Waals surface area contributed by atoms with Gasteiger partial charge < -0.3 is 28.6 Å². The number of methoxy groups -OCH3 is 2. The molecule has 33 heavy (non-hydrogen) atoms. The summed E-state index contributed by atoms with van der Waals surface area (Å²) in [6.07, 6.45) is 4.44. The lowest BCUT2D eigenvalue weighted by Crippen LogP contribution is -2.70. The van der Waals surface area contributed by atoms with Crippen molar-refractivity contribution >= 4 is 23.8 Å². The molecule has 1 aromatic rings. The summed E-state index contributed by atoms with van der Waals surface area (Å²) in [5.74, 6) is -2.02. The van der Waals surface area contributed by atoms with Crippen LogP contribution in [0, 0.1) is 5.92 Å². The lowest BCUT2D eigenvalue weighted by Gasteiger charge is -2.54. The summed E-state index contributed by atoms with van der Waals surface area (Å²) in [5.41, 5.74) is -0.717. The molecule has 9 heteroatoms. The van der Waals surface area contributed by atoms with Crippen molar-refractivity contribution in [3.05, 3.63) is 29.5 Å². The fourth-order valence-electron chi connectivity index (χ4n) is 5.08. The van der Waals surface area contributed by atoms with Crippen LogP contribution in [0.4, 0.5) is 0 Å². The number of carbonyl (C=O) groups is 3. The van der Waals surface area contributed by atoms with E-state index < -0.39 is 35.7 Å². The molecule has 1 aromatic carbocycles. The second-order valence-electron chi connectivity index (χ2n) is 8.15. The summed E-state index contributed by atoms with van der Waals surface area (Å²) >= 11 is 0. The monoisotopic (exact) mass is 459 g/mol. The average molecular weight is 459 g/mol. The summed E-state index contributed by atoms with van der Waals surface area (Å²) in [6, 6.07) is 3.14. The Hall–Kier alpha value is -3.07. The maximum atomic E-state index is 13.4. The fraction of sp³-hybridized carbons (Fsp3) is 0.542. The zero-order valence-corrected chi connectivity index (χ0v) is 19.3. The van der Waals surface area contributed by atoms with Gasteiger partial charge in [-0.15, -0.1) is 0 Å². The standard InChI is InChI=1S/C24H29NO8/c1-5-31-22(27)24(23(28)32-6-2)20-16(8-7-9-17(20)26)25-11-10-14-12-18(29-3)19(30-4)13-15(14)21(25)33-24/h10-13,16,20-21H,5-9H2,1-4H3. The van der Waals surface area contributed by atoms with E-state index in [1.165, 1.54) is 7.11 Å². The average Bonchev–Trinajstić information content (AvgIpc) is 2.82. The van der Waals surface area contributed by atoms with E-state index in [2.05, 4.69) is 0 Å². The molecule has 0 bridgehead atoms. The van der Waals surface area contributed by atoms with Crippen LogP contribution < -0.4 is 9.47 Å². The van der Waals surface area contributed by atoms with Gasteiger partial charge in [-0.25, -0.2) is 9.59 Å². The molecule has 0 spiro atoms. The molecule has 0 amide bonds. The second-order valence-corrected chi connectivity index (χ2v) is 8.15. The van der Waals surface area contributed by atoms with E-state index in [0.717, 1.165) is 5.56 Å². The molecule has 3 aliphatic rings. The van der Waals surface area contributed by atoms with Gasteiger partial charge in [-0.1, -0.05) is 0 Å². The van der Waals surface area contributed by atoms with Gasteiger partial charge in [-0.05, 0) is 50.5 Å². The first-order valence-electron chi connectivity index (χ1n) is 11.2. The molecule has 0 N–H and O–H groups in total. The number of carbonyl (C=O) groups excluding carboxylic acids is 3. The molecular formula is C24H29NO8. The molecule has 1 aliphatic carbocycles. The highest BCUT2D eigenvalue weighted by Gasteiger charge is 2.67. The van der Waals surface area contributed by atoms with Crippen molar-refractivity contribution < 1.29 is 38.1 Å². The molecule has 178 valence electrons. The summed E-state index contributed by atoms with van der Waals surface area (Å²) in [4.78, 5) is 41.8. The zero-order valence-electron chi connectivity index (χ0n) is 19.3. The van der Waals surface area contributed by atoms with Gasteiger partial charge in [-0.2, -0.15) is 0 Å². The predicted molar refractivity (Wildman–Crippen MR) is 116 cm³/mol. The Morgan fingerprint density at radius 2 is 1.73 bits per heavy atom. The van der Waals surface area contributed by atoms with Crippen LogP contribution in [-0.2, 0) is 28.6 Å². The minimum absolute atomic E-state index is 0.0326. The van der Waals surface area contributed by atoms with Gasteiger partial charge in [0, 0.05) is 24.2 Å². The van der Waals surface area contributed by atoms with Crippen LogP contribution in [0.1, 0.15) is 50.5 Å². The molecule has 1 saturated heterocycles. The lowest BCUT2D eigenvalue weighted by atomic mass is 9.70. The van der Waals surface area contributed by atoms with Crippen LogP contribution in [-0.4, -0.2) is 61.7 Å². The molecule has 3 atom stereocenters. The Bertz CT molecular complexity index is 969. The molecule has 2 heterocycles. The van der Waals surface area contributed by atoms with Gasteiger partial charge >= 0.3 is 11.9 Å². The number of ether oxygens (including phenoxy) is 5. The number of esters is 2. The Balaban J connectivity index is 1.90. The smallest absolute Gasteiger partial charge is 0.351 e. The summed E-state index contributed by atoms with van der Waals surface area (Å²) in [5, 5.41) is 0. The van der Waals surface area contributed by atoms with E-state index in [9.17, 15) is 14.4 Å². The highest BCUT2D eigenvalue weighted by Crippen LogP contribution is 2.51. The first-order valence-corrected chi connectivity index (χ1v) is 11.2. The fourth-order valence-corrected chi connectivity index (χ4v) is 5.08. The number of fused-ring (bicyclic) bond motifs is 5. The number of hydrogen-bond acceptors (Lipinski definition) is 9. The second kappa shape index (κ2) is 9.05. The first kappa shape index (κ1) is 23.1. The summed E-state index contributed by atoms with van der Waals surface area (Å²) in [6.45, 7) is 3.35. The van der Waals surface area contributed by atoms with E-state index in [-0.39, 0.29) is 25.4 Å². The minimum Gasteiger partial charge on any atom is -0.493 e. The number of ketones is 1. The molecule has 9 nitrogen and oxygen atoms in total. The Labute approximate surface area is 192 Å². The van der Waals surface area contributed by atoms with E-state index in [1.54, 1.807) is 33.1 Å². The molecule has 0 aromatic heterocycles. The molecular weight excluding hydrogens is 430 g/mol. The van der Waals surface area contributed by atoms with Crippen molar-refractivity contribution in [3.8, 4) is 11.5 Å². The Morgan fingerprint density at radius 3 is 2.33 bits per heavy atom. The maximum absolute atomic E-state index is 13.4. The SMILES string of the molecule is CCOC(=O)C1(C(=O)OCC)OC2c3cc(OC)c(OC)cc3C=CN2C2CCCC(=O)C21. The molecule has 3 unspecified atom stereocenters. The van der Waals surface area contributed by atoms with Crippen LogP contribution >= 0.6 is 0 Å². The van der Waals surface area contributed by atoms with Crippen molar-refractivity contribution in [2.45, 2.75) is 51.0 Å². The van der Waals surface area contributed by atoms with Crippen LogP contribution in [0.25, 0.3) is 6.08 Å². The highest BCUT2D eigenvalue weighted by atomic mass is 16.6. The number of Topliss-reactive ketones (excluding diaryl/α,β-unsaturated/α-hetero) is 1. The summed E-state index contributed by atoms with van der Waals surface area (Å²) in [7, 11) is 3.07. The third-order valence-corrected chi connectivity index (χ3v) is 6.48. The minimum atomic E-state index is -2.19. The van der Waals surface area contributed by atoms with E-state index in [1.807, 2.05) is 17.2 Å². The van der Waals surface area contributed by atoms with Crippen molar-refractivity contribution in [3.63, 3.8) is 0 Å². The van der Waals surface area contributed by atoms with E-state index in [0.29, 0.717) is 29.9 Å². The third kappa shape index (κ3) is 3.55. The molecule has 0 radical (unpaired) electrons. The van der Waals surface area contributed by atoms with Crippen molar-refractivity contribution in [2.75, 3.05) is 27.4 Å². The van der Waals surface area contributed by atoms with Gasteiger partial charge in [0.25, 0.3) is 5.60 Å². The van der Waals surface area contributed by atoms with E-state index in [4.69, 9.17) is 23.7 Å². The topological polar surface area (TPSA) is 101 Å². The Morgan fingerprint density at radius 1 is 1.09 bits per heavy atom. The normalized spacial score (nSPS) is 24.8. The maximum Gasteiger partial charge on any atom is 0.351 e. The summed E-state index contributed by atoms with van der Waals surface area (Å²) < 4.78 is 27.8. The number of nitrogens with zero attached hydrogens (tertiary/aromatic N) is 1. The van der Waals surface area contributed by atoms with Gasteiger partial charge in [0.1, 0.15) is 5.78 Å². The number of hydrogen-bond donors (Lipinski definition) is 0. The first-order chi connectivity index (χ1) is 15.9. The van der Waals surface area contributed by atoms with Crippen molar-refractivity contribution in [2.24, 2.45) is 5.92 Å². The van der Waals surface area contributed by atoms with Crippen molar-refractivity contribution in [1.29, 1.82) is 0 Å². The van der Waals surface area contributed by atoms with Gasteiger partial charge in [-0.3, -0.25) is 4.79 Å². The number of rotatable bonds is 6. The van der Waals surface area contributed by atoms with Crippen molar-refractivity contribution in [1.82, 2.24) is 4.90 Å². The van der Waals surface area contributed by atoms with E-state index >= 15 is 0 Å². The van der Waals surface area contributed by atoms with Gasteiger partial charge in [0.05, 0.1) is 33.4 Å². The van der Waals surface area contributed by atoms with Gasteiger partial charge in [0.2, 0.25) is 0 Å². The molecule has 2 aliphatic heterocycles. The van der Waals surface area contributed by atoms with Crippen LogP contribution in [0.5, 0.6) is 11.5 Å². The number of benzene rings is 1. The Kier molecular flexibility index (Phi) is 6.34. The van der Waals surface area contributed by atoms with Gasteiger partial charge in [0.15, 0.2) is 17.7 Å². The van der Waals surface area contributed by atoms with Crippen LogP contribution in [0.2, 0.25) is 0 Å². The molecule has 1 saturated carbocycles. The largest absolute Gasteiger partial charge is 0.493 e. The molecule has 2 fully saturated rings. The lowest BCUT2D eigenvalue weighted by molar-refractivity contribution is -0.251. The third-order valence-electron chi connectivity index (χ3n) is 6.48. The highest BCUT2D eigenvalue weighted by molar-refractivity contribution is 6.09.